The van der Waals surface area contributed by atoms with Gasteiger partial charge < -0.3 is 15.5 Å². The zero-order chi connectivity index (χ0) is 14.0. The highest BCUT2D eigenvalue weighted by atomic mass is 16.3. The molecule has 3 N–H and O–H groups in total. The Hall–Kier alpha value is -1.13. The van der Waals surface area contributed by atoms with E-state index in [-0.39, 0.29) is 12.3 Å². The number of carbonyl (C=O) groups is 1. The van der Waals surface area contributed by atoms with E-state index < -0.39 is 12.2 Å². The van der Waals surface area contributed by atoms with E-state index in [4.69, 9.17) is 0 Å². The lowest BCUT2D eigenvalue weighted by molar-refractivity contribution is -0.129. The number of hydrogen-bond acceptors (Lipinski definition) is 3. The van der Waals surface area contributed by atoms with Gasteiger partial charge in [0.2, 0.25) is 5.91 Å². The van der Waals surface area contributed by atoms with Crippen LogP contribution in [0.1, 0.15) is 33.6 Å². The van der Waals surface area contributed by atoms with E-state index in [1.54, 1.807) is 12.2 Å². The lowest BCUT2D eigenvalue weighted by Gasteiger charge is -2.13. The monoisotopic (exact) mass is 255 g/mol. The van der Waals surface area contributed by atoms with Crippen LogP contribution in [0.3, 0.4) is 0 Å². The summed E-state index contributed by atoms with van der Waals surface area (Å²) in [6, 6.07) is 0. The maximum absolute atomic E-state index is 11.4. The summed E-state index contributed by atoms with van der Waals surface area (Å²) in [4.78, 5) is 11.4. The van der Waals surface area contributed by atoms with Crippen molar-refractivity contribution in [3.05, 3.63) is 24.3 Å². The van der Waals surface area contributed by atoms with E-state index >= 15 is 0 Å². The van der Waals surface area contributed by atoms with Crippen LogP contribution < -0.4 is 5.32 Å². The van der Waals surface area contributed by atoms with Gasteiger partial charge in [0.05, 0.1) is 6.10 Å². The van der Waals surface area contributed by atoms with Gasteiger partial charge in [0.1, 0.15) is 6.10 Å². The summed E-state index contributed by atoms with van der Waals surface area (Å²) in [5.74, 6) is -0.0103. The Kier molecular flexibility index (Phi) is 9.24. The van der Waals surface area contributed by atoms with Gasteiger partial charge in [0, 0.05) is 6.54 Å². The quantitative estimate of drug-likeness (QED) is 0.574. The summed E-state index contributed by atoms with van der Waals surface area (Å²) >= 11 is 0. The van der Waals surface area contributed by atoms with Crippen molar-refractivity contribution in [2.45, 2.75) is 45.8 Å². The molecule has 1 amide bonds. The molecule has 0 aliphatic carbocycles. The predicted molar refractivity (Wildman–Crippen MR) is 73.0 cm³/mol. The van der Waals surface area contributed by atoms with Crippen LogP contribution in [-0.4, -0.2) is 34.9 Å². The minimum atomic E-state index is -1.05. The van der Waals surface area contributed by atoms with Gasteiger partial charge in [-0.1, -0.05) is 38.2 Å². The molecule has 0 fully saturated rings. The standard InChI is InChI=1S/C14H25NO3/c1-4-5-6-7-12(16)8-9-13(17)14(18)15-10-11(2)3/h4-7,11-13,16-17H,8-10H2,1-3H3,(H,15,18). The third-order valence-corrected chi connectivity index (χ3v) is 2.36. The van der Waals surface area contributed by atoms with Crippen LogP contribution in [0.4, 0.5) is 0 Å². The van der Waals surface area contributed by atoms with Crippen molar-refractivity contribution in [3.63, 3.8) is 0 Å². The van der Waals surface area contributed by atoms with Gasteiger partial charge in [-0.15, -0.1) is 0 Å². The van der Waals surface area contributed by atoms with E-state index in [0.717, 1.165) is 0 Å². The Labute approximate surface area is 109 Å². The number of aliphatic hydroxyl groups is 2. The first-order valence-electron chi connectivity index (χ1n) is 6.40. The van der Waals surface area contributed by atoms with Crippen LogP contribution in [0.25, 0.3) is 0 Å². The van der Waals surface area contributed by atoms with Crippen molar-refractivity contribution in [1.82, 2.24) is 5.32 Å². The highest BCUT2D eigenvalue weighted by molar-refractivity contribution is 5.80. The van der Waals surface area contributed by atoms with Crippen molar-refractivity contribution in [1.29, 1.82) is 0 Å². The molecule has 0 aliphatic heterocycles. The van der Waals surface area contributed by atoms with Crippen molar-refractivity contribution >= 4 is 5.91 Å². The fourth-order valence-corrected chi connectivity index (χ4v) is 1.28. The maximum atomic E-state index is 11.4. The second-order valence-corrected chi connectivity index (χ2v) is 4.71. The third-order valence-electron chi connectivity index (χ3n) is 2.36. The van der Waals surface area contributed by atoms with Crippen molar-refractivity contribution in [3.8, 4) is 0 Å². The van der Waals surface area contributed by atoms with Crippen molar-refractivity contribution in [2.24, 2.45) is 5.92 Å². The summed E-state index contributed by atoms with van der Waals surface area (Å²) in [7, 11) is 0. The van der Waals surface area contributed by atoms with Crippen LogP contribution in [0.5, 0.6) is 0 Å². The Morgan fingerprint density at radius 2 is 1.89 bits per heavy atom. The fourth-order valence-electron chi connectivity index (χ4n) is 1.28. The Balaban J connectivity index is 3.87. The molecular formula is C14H25NO3. The van der Waals surface area contributed by atoms with Gasteiger partial charge in [0.25, 0.3) is 0 Å². The third kappa shape index (κ3) is 8.96. The number of hydrogen-bond donors (Lipinski definition) is 3. The number of allylic oxidation sites excluding steroid dienone is 3. The normalized spacial score (nSPS) is 15.4. The molecule has 104 valence electrons. The van der Waals surface area contributed by atoms with Crippen LogP contribution in [0, 0.1) is 5.92 Å². The average molecular weight is 255 g/mol. The van der Waals surface area contributed by atoms with Crippen LogP contribution in [0.15, 0.2) is 24.3 Å². The van der Waals surface area contributed by atoms with Gasteiger partial charge in [-0.3, -0.25) is 4.79 Å². The molecule has 0 aromatic rings. The number of carbonyl (C=O) groups excluding carboxylic acids is 1. The summed E-state index contributed by atoms with van der Waals surface area (Å²) in [6.45, 7) is 6.42. The molecule has 18 heavy (non-hydrogen) atoms. The van der Waals surface area contributed by atoms with Gasteiger partial charge in [0.15, 0.2) is 0 Å². The van der Waals surface area contributed by atoms with E-state index in [0.29, 0.717) is 18.9 Å². The van der Waals surface area contributed by atoms with Crippen molar-refractivity contribution < 1.29 is 15.0 Å². The number of amides is 1. The summed E-state index contributed by atoms with van der Waals surface area (Å²) in [5.41, 5.74) is 0. The highest BCUT2D eigenvalue weighted by Crippen LogP contribution is 2.04. The van der Waals surface area contributed by atoms with Gasteiger partial charge >= 0.3 is 0 Å². The molecule has 4 nitrogen and oxygen atoms in total. The molecule has 0 spiro atoms. The molecule has 0 aromatic heterocycles. The van der Waals surface area contributed by atoms with E-state index in [1.807, 2.05) is 32.9 Å². The van der Waals surface area contributed by atoms with Crippen LogP contribution in [-0.2, 0) is 4.79 Å². The minimum absolute atomic E-state index is 0.255. The second-order valence-electron chi connectivity index (χ2n) is 4.71. The molecule has 0 aromatic carbocycles. The fraction of sp³-hybridized carbons (Fsp3) is 0.643. The van der Waals surface area contributed by atoms with Crippen LogP contribution >= 0.6 is 0 Å². The zero-order valence-electron chi connectivity index (χ0n) is 11.5. The summed E-state index contributed by atoms with van der Waals surface area (Å²) in [6.07, 6.45) is 6.00. The molecule has 0 aliphatic rings. The smallest absolute Gasteiger partial charge is 0.248 e. The van der Waals surface area contributed by atoms with Crippen LogP contribution in [0.2, 0.25) is 0 Å². The molecule has 2 unspecified atom stereocenters. The SMILES string of the molecule is CC=CC=CC(O)CCC(O)C(=O)NCC(C)C. The maximum Gasteiger partial charge on any atom is 0.248 e. The van der Waals surface area contributed by atoms with E-state index in [1.165, 1.54) is 0 Å². The molecule has 4 heteroatoms. The van der Waals surface area contributed by atoms with E-state index in [2.05, 4.69) is 5.32 Å². The first-order chi connectivity index (χ1) is 8.47. The Morgan fingerprint density at radius 1 is 1.22 bits per heavy atom. The summed E-state index contributed by atoms with van der Waals surface area (Å²) < 4.78 is 0. The minimum Gasteiger partial charge on any atom is -0.389 e. The lowest BCUT2D eigenvalue weighted by Crippen LogP contribution is -2.36. The number of nitrogens with one attached hydrogen (secondary N) is 1. The number of aliphatic hydroxyl groups excluding tert-OH is 2. The molecule has 0 bridgehead atoms. The largest absolute Gasteiger partial charge is 0.389 e. The highest BCUT2D eigenvalue weighted by Gasteiger charge is 2.15. The predicted octanol–water partition coefficient (Wildman–Crippen LogP) is 1.39. The Bertz CT molecular complexity index is 285. The first kappa shape index (κ1) is 16.9. The van der Waals surface area contributed by atoms with Gasteiger partial charge in [-0.2, -0.15) is 0 Å². The average Bonchev–Trinajstić information content (AvgIpc) is 2.33. The molecule has 0 heterocycles. The zero-order valence-corrected chi connectivity index (χ0v) is 11.5. The molecule has 0 radical (unpaired) electrons. The molecule has 2 atom stereocenters. The first-order valence-corrected chi connectivity index (χ1v) is 6.40. The van der Waals surface area contributed by atoms with Crippen molar-refractivity contribution in [2.75, 3.05) is 6.54 Å². The lowest BCUT2D eigenvalue weighted by atomic mass is 10.1. The molecule has 0 saturated heterocycles. The molecule has 0 saturated carbocycles. The topological polar surface area (TPSA) is 69.6 Å². The number of rotatable bonds is 8. The van der Waals surface area contributed by atoms with Gasteiger partial charge in [-0.25, -0.2) is 0 Å². The Morgan fingerprint density at radius 3 is 2.44 bits per heavy atom. The van der Waals surface area contributed by atoms with Gasteiger partial charge in [-0.05, 0) is 25.7 Å². The molecular weight excluding hydrogens is 230 g/mol. The van der Waals surface area contributed by atoms with E-state index in [9.17, 15) is 15.0 Å². The molecule has 0 rings (SSSR count). The second kappa shape index (κ2) is 9.85. The summed E-state index contributed by atoms with van der Waals surface area (Å²) in [5, 5.41) is 21.8.